The molecule has 0 saturated heterocycles. The highest BCUT2D eigenvalue weighted by atomic mass is 19.4. The number of hydrogen-bond donors (Lipinski definition) is 1. The Labute approximate surface area is 177 Å². The highest BCUT2D eigenvalue weighted by molar-refractivity contribution is 5.95. The van der Waals surface area contributed by atoms with Gasteiger partial charge in [0.1, 0.15) is 0 Å². The molecule has 162 valence electrons. The topological polar surface area (TPSA) is 67.2 Å². The van der Waals surface area contributed by atoms with Crippen LogP contribution in [0.15, 0.2) is 54.7 Å². The largest absolute Gasteiger partial charge is 0.434 e. The van der Waals surface area contributed by atoms with Gasteiger partial charge in [-0.25, -0.2) is 4.68 Å². The number of hydrogen-bond acceptors (Lipinski definition) is 3. The van der Waals surface area contributed by atoms with Crippen LogP contribution in [0.25, 0.3) is 5.69 Å². The molecule has 3 aromatic rings. The van der Waals surface area contributed by atoms with Gasteiger partial charge in [-0.15, -0.1) is 0 Å². The first-order chi connectivity index (χ1) is 14.6. The lowest BCUT2D eigenvalue weighted by Crippen LogP contribution is -2.26. The van der Waals surface area contributed by atoms with Crippen LogP contribution in [0.5, 0.6) is 0 Å². The third kappa shape index (κ3) is 4.93. The third-order valence-corrected chi connectivity index (χ3v) is 4.62. The van der Waals surface area contributed by atoms with Crippen LogP contribution in [0.4, 0.5) is 13.2 Å². The molecule has 2 amide bonds. The zero-order chi connectivity index (χ0) is 22.8. The highest BCUT2D eigenvalue weighted by Gasteiger charge is 2.40. The van der Waals surface area contributed by atoms with Gasteiger partial charge in [-0.05, 0) is 36.8 Å². The summed E-state index contributed by atoms with van der Waals surface area (Å²) in [6, 6.07) is 12.8. The Morgan fingerprint density at radius 2 is 1.65 bits per heavy atom. The molecule has 0 aliphatic heterocycles. The molecule has 6 nitrogen and oxygen atoms in total. The molecule has 0 unspecified atom stereocenters. The van der Waals surface area contributed by atoms with E-state index in [0.29, 0.717) is 11.1 Å². The van der Waals surface area contributed by atoms with Crippen molar-refractivity contribution in [3.63, 3.8) is 0 Å². The zero-order valence-corrected chi connectivity index (χ0v) is 17.2. The number of nitrogens with one attached hydrogen (secondary N) is 1. The first-order valence-corrected chi connectivity index (χ1v) is 9.39. The van der Waals surface area contributed by atoms with E-state index in [9.17, 15) is 22.8 Å². The first-order valence-electron chi connectivity index (χ1n) is 9.39. The molecule has 0 aliphatic rings. The van der Waals surface area contributed by atoms with Gasteiger partial charge in [0.2, 0.25) is 0 Å². The number of nitrogens with zero attached hydrogens (tertiary/aromatic N) is 3. The number of amides is 2. The summed E-state index contributed by atoms with van der Waals surface area (Å²) < 4.78 is 41.9. The van der Waals surface area contributed by atoms with E-state index in [1.807, 2.05) is 6.92 Å². The number of aryl methyl sites for hydroxylation is 1. The van der Waals surface area contributed by atoms with E-state index in [2.05, 4.69) is 10.4 Å². The summed E-state index contributed by atoms with van der Waals surface area (Å²) in [5.41, 5.74) is 0.508. The smallest absolute Gasteiger partial charge is 0.348 e. The Hall–Kier alpha value is -3.62. The number of halogens is 3. The normalized spacial score (nSPS) is 11.3. The van der Waals surface area contributed by atoms with Crippen LogP contribution in [-0.2, 0) is 12.7 Å². The molecule has 0 saturated carbocycles. The van der Waals surface area contributed by atoms with Gasteiger partial charge in [0.05, 0.1) is 17.4 Å². The molecule has 1 aromatic heterocycles. The first kappa shape index (κ1) is 22.1. The number of carbonyl (C=O) groups excluding carboxylic acids is 2. The van der Waals surface area contributed by atoms with Crippen LogP contribution < -0.4 is 5.32 Å². The zero-order valence-electron chi connectivity index (χ0n) is 17.2. The van der Waals surface area contributed by atoms with Crippen LogP contribution >= 0.6 is 0 Å². The number of aromatic nitrogens is 2. The minimum Gasteiger partial charge on any atom is -0.348 e. The molecule has 0 radical (unpaired) electrons. The lowest BCUT2D eigenvalue weighted by Gasteiger charge is -2.13. The maximum Gasteiger partial charge on any atom is 0.434 e. The quantitative estimate of drug-likeness (QED) is 0.669. The van der Waals surface area contributed by atoms with Gasteiger partial charge in [-0.1, -0.05) is 29.8 Å². The second-order valence-corrected chi connectivity index (χ2v) is 7.23. The number of alkyl halides is 3. The lowest BCUT2D eigenvalue weighted by molar-refractivity contribution is -0.143. The average Bonchev–Trinajstić information content (AvgIpc) is 3.18. The second-order valence-electron chi connectivity index (χ2n) is 7.23. The molecule has 0 atom stereocenters. The third-order valence-electron chi connectivity index (χ3n) is 4.62. The molecule has 1 N–H and O–H groups in total. The maximum absolute atomic E-state index is 13.7. The van der Waals surface area contributed by atoms with E-state index in [-0.39, 0.29) is 18.1 Å². The maximum atomic E-state index is 13.7. The van der Waals surface area contributed by atoms with Gasteiger partial charge in [0.25, 0.3) is 11.8 Å². The van der Waals surface area contributed by atoms with Crippen LogP contribution in [0, 0.1) is 6.92 Å². The standard InChI is InChI=1S/C22H21F3N4O2/c1-14-4-10-17(11-5-14)29-19(22(23,24)25)18(13-27-29)20(30)26-12-15-6-8-16(9-7-15)21(31)28(2)3/h4-11,13H,12H2,1-3H3,(H,26,30). The monoisotopic (exact) mass is 430 g/mol. The summed E-state index contributed by atoms with van der Waals surface area (Å²) in [7, 11) is 3.26. The molecule has 0 fully saturated rings. The second kappa shape index (κ2) is 8.63. The van der Waals surface area contributed by atoms with E-state index < -0.39 is 23.3 Å². The average molecular weight is 430 g/mol. The van der Waals surface area contributed by atoms with Gasteiger partial charge in [0, 0.05) is 26.2 Å². The van der Waals surface area contributed by atoms with Gasteiger partial charge in [0.15, 0.2) is 5.69 Å². The lowest BCUT2D eigenvalue weighted by atomic mass is 10.1. The molecule has 1 heterocycles. The molecular weight excluding hydrogens is 409 g/mol. The fourth-order valence-electron chi connectivity index (χ4n) is 2.97. The molecular formula is C22H21F3N4O2. The van der Waals surface area contributed by atoms with Crippen molar-refractivity contribution >= 4 is 11.8 Å². The Morgan fingerprint density at radius 1 is 1.03 bits per heavy atom. The molecule has 9 heteroatoms. The van der Waals surface area contributed by atoms with Gasteiger partial charge in [-0.3, -0.25) is 9.59 Å². The predicted octanol–water partition coefficient (Wildman–Crippen LogP) is 3.83. The van der Waals surface area contributed by atoms with Crippen molar-refractivity contribution in [2.75, 3.05) is 14.1 Å². The van der Waals surface area contributed by atoms with Crippen molar-refractivity contribution in [3.05, 3.63) is 82.7 Å². The van der Waals surface area contributed by atoms with Crippen LogP contribution in [-0.4, -0.2) is 40.6 Å². The minimum atomic E-state index is -4.78. The van der Waals surface area contributed by atoms with Crippen LogP contribution in [0.3, 0.4) is 0 Å². The Morgan fingerprint density at radius 3 is 2.19 bits per heavy atom. The van der Waals surface area contributed by atoms with Gasteiger partial charge >= 0.3 is 6.18 Å². The van der Waals surface area contributed by atoms with E-state index >= 15 is 0 Å². The molecule has 0 spiro atoms. The highest BCUT2D eigenvalue weighted by Crippen LogP contribution is 2.33. The van der Waals surface area contributed by atoms with E-state index in [1.165, 1.54) is 17.0 Å². The molecule has 0 aliphatic carbocycles. The molecule has 3 rings (SSSR count). The Bertz CT molecular complexity index is 1090. The number of rotatable bonds is 5. The predicted molar refractivity (Wildman–Crippen MR) is 109 cm³/mol. The van der Waals surface area contributed by atoms with Gasteiger partial charge < -0.3 is 10.2 Å². The van der Waals surface area contributed by atoms with Crippen molar-refractivity contribution in [2.45, 2.75) is 19.6 Å². The summed E-state index contributed by atoms with van der Waals surface area (Å²) in [5.74, 6) is -1.06. The van der Waals surface area contributed by atoms with E-state index in [1.54, 1.807) is 50.5 Å². The van der Waals surface area contributed by atoms with Crippen molar-refractivity contribution in [3.8, 4) is 5.69 Å². The van der Waals surface area contributed by atoms with Crippen molar-refractivity contribution < 1.29 is 22.8 Å². The summed E-state index contributed by atoms with van der Waals surface area (Å²) >= 11 is 0. The number of benzene rings is 2. The van der Waals surface area contributed by atoms with Crippen molar-refractivity contribution in [2.24, 2.45) is 0 Å². The SMILES string of the molecule is Cc1ccc(-n2ncc(C(=O)NCc3ccc(C(=O)N(C)C)cc3)c2C(F)(F)F)cc1. The summed E-state index contributed by atoms with van der Waals surface area (Å²) in [6.45, 7) is 1.82. The van der Waals surface area contributed by atoms with Crippen molar-refractivity contribution in [1.29, 1.82) is 0 Å². The summed E-state index contributed by atoms with van der Waals surface area (Å²) in [6.07, 6.45) is -3.86. The fraction of sp³-hybridized carbons (Fsp3) is 0.227. The van der Waals surface area contributed by atoms with Crippen molar-refractivity contribution in [1.82, 2.24) is 20.0 Å². The Balaban J connectivity index is 1.80. The van der Waals surface area contributed by atoms with Crippen LogP contribution in [0.2, 0.25) is 0 Å². The minimum absolute atomic E-state index is 0.00226. The van der Waals surface area contributed by atoms with E-state index in [4.69, 9.17) is 0 Å². The fourth-order valence-corrected chi connectivity index (χ4v) is 2.97. The molecule has 31 heavy (non-hydrogen) atoms. The number of carbonyl (C=O) groups is 2. The van der Waals surface area contributed by atoms with Crippen LogP contribution in [0.1, 0.15) is 37.5 Å². The molecule has 2 aromatic carbocycles. The molecule has 0 bridgehead atoms. The Kier molecular flexibility index (Phi) is 6.14. The summed E-state index contributed by atoms with van der Waals surface area (Å²) in [5, 5.41) is 6.29. The summed E-state index contributed by atoms with van der Waals surface area (Å²) in [4.78, 5) is 25.9. The van der Waals surface area contributed by atoms with Gasteiger partial charge in [-0.2, -0.15) is 18.3 Å². The van der Waals surface area contributed by atoms with E-state index in [0.717, 1.165) is 16.4 Å².